The number of piperidine rings is 1. The highest BCUT2D eigenvalue weighted by atomic mass is 35.5. The van der Waals surface area contributed by atoms with Crippen LogP contribution >= 0.6 is 23.2 Å². The van der Waals surface area contributed by atoms with Crippen LogP contribution in [0.4, 0.5) is 0 Å². The van der Waals surface area contributed by atoms with Gasteiger partial charge >= 0.3 is 11.9 Å². The highest BCUT2D eigenvalue weighted by molar-refractivity contribution is 6.34. The number of benzene rings is 1. The number of likely N-dealkylation sites (tertiary alicyclic amines) is 1. The van der Waals surface area contributed by atoms with Gasteiger partial charge in [-0.15, -0.1) is 0 Å². The summed E-state index contributed by atoms with van der Waals surface area (Å²) in [6, 6.07) is 5.31. The Labute approximate surface area is 157 Å². The lowest BCUT2D eigenvalue weighted by Gasteiger charge is -2.30. The second-order valence-electron chi connectivity index (χ2n) is 5.94. The van der Waals surface area contributed by atoms with Crippen LogP contribution in [0.3, 0.4) is 0 Å². The summed E-state index contributed by atoms with van der Waals surface area (Å²) in [5, 5.41) is 16.1. The number of carboxylic acids is 2. The zero-order chi connectivity index (χ0) is 18.8. The van der Waals surface area contributed by atoms with E-state index in [1.807, 2.05) is 0 Å². The monoisotopic (exact) mass is 391 g/mol. The Bertz CT molecular complexity index is 570. The number of carboxylic acid groups (broad SMARTS) is 2. The van der Waals surface area contributed by atoms with Crippen LogP contribution in [0.2, 0.25) is 10.0 Å². The first-order chi connectivity index (χ1) is 11.8. The van der Waals surface area contributed by atoms with E-state index in [1.54, 1.807) is 18.2 Å². The Balaban J connectivity index is 0.000000450. The van der Waals surface area contributed by atoms with Gasteiger partial charge < -0.3 is 19.8 Å². The molecule has 140 valence electrons. The summed E-state index contributed by atoms with van der Waals surface area (Å²) in [5.74, 6) is -2.14. The predicted molar refractivity (Wildman–Crippen MR) is 96.7 cm³/mol. The molecule has 0 spiro atoms. The van der Waals surface area contributed by atoms with Gasteiger partial charge in [0.2, 0.25) is 0 Å². The molecular formula is C17H23Cl2NO5. The largest absolute Gasteiger partial charge is 0.492 e. The van der Waals surface area contributed by atoms with Gasteiger partial charge in [-0.3, -0.25) is 0 Å². The van der Waals surface area contributed by atoms with Crippen LogP contribution < -0.4 is 4.74 Å². The predicted octanol–water partition coefficient (Wildman–Crippen LogP) is 3.65. The molecule has 1 heterocycles. The van der Waals surface area contributed by atoms with E-state index in [-0.39, 0.29) is 0 Å². The summed E-state index contributed by atoms with van der Waals surface area (Å²) >= 11 is 12.0. The second-order valence-corrected chi connectivity index (χ2v) is 6.78. The minimum absolute atomic E-state index is 0.621. The van der Waals surface area contributed by atoms with Gasteiger partial charge in [-0.25, -0.2) is 9.59 Å². The number of rotatable bonds is 5. The van der Waals surface area contributed by atoms with E-state index in [0.717, 1.165) is 18.9 Å². The van der Waals surface area contributed by atoms with Crippen molar-refractivity contribution in [2.24, 2.45) is 5.92 Å². The standard InChI is InChI=1S/C15H21Cl2NO.C2H2O4/c1-12-4-2-7-18(11-12)8-3-9-19-15-10-13(16)5-6-14(15)17;3-1(4)2(5)6/h5-6,10,12H,2-4,7-9,11H2,1H3;(H,3,4)(H,5,6). The van der Waals surface area contributed by atoms with Crippen molar-refractivity contribution in [1.29, 1.82) is 0 Å². The highest BCUT2D eigenvalue weighted by Crippen LogP contribution is 2.27. The molecule has 1 fully saturated rings. The molecule has 8 heteroatoms. The van der Waals surface area contributed by atoms with Crippen LogP contribution in [0.1, 0.15) is 26.2 Å². The third-order valence-corrected chi connectivity index (χ3v) is 4.24. The highest BCUT2D eigenvalue weighted by Gasteiger charge is 2.15. The molecule has 2 N–H and O–H groups in total. The molecule has 0 aromatic heterocycles. The number of aliphatic carboxylic acids is 2. The van der Waals surface area contributed by atoms with Crippen molar-refractivity contribution < 1.29 is 24.5 Å². The maximum Gasteiger partial charge on any atom is 0.414 e. The van der Waals surface area contributed by atoms with Gasteiger partial charge in [-0.1, -0.05) is 30.1 Å². The third kappa shape index (κ3) is 8.95. The Morgan fingerprint density at radius 3 is 2.56 bits per heavy atom. The summed E-state index contributed by atoms with van der Waals surface area (Å²) in [6.07, 6.45) is 3.71. The number of hydrogen-bond donors (Lipinski definition) is 2. The van der Waals surface area contributed by atoms with Crippen molar-refractivity contribution in [1.82, 2.24) is 4.90 Å². The first-order valence-electron chi connectivity index (χ1n) is 8.06. The molecule has 1 aliphatic rings. The number of hydrogen-bond acceptors (Lipinski definition) is 4. The molecule has 1 unspecified atom stereocenters. The van der Waals surface area contributed by atoms with E-state index in [9.17, 15) is 0 Å². The molecule has 0 amide bonds. The molecule has 0 saturated carbocycles. The average Bonchev–Trinajstić information content (AvgIpc) is 2.55. The number of carbonyl (C=O) groups is 2. The first-order valence-corrected chi connectivity index (χ1v) is 8.81. The molecule has 1 atom stereocenters. The third-order valence-electron chi connectivity index (χ3n) is 3.69. The molecular weight excluding hydrogens is 369 g/mol. The lowest BCUT2D eigenvalue weighted by Crippen LogP contribution is -2.35. The molecule has 1 aromatic rings. The van der Waals surface area contributed by atoms with Crippen molar-refractivity contribution in [3.8, 4) is 5.75 Å². The fourth-order valence-corrected chi connectivity index (χ4v) is 2.88. The van der Waals surface area contributed by atoms with Crippen LogP contribution in [0.5, 0.6) is 5.75 Å². The minimum Gasteiger partial charge on any atom is -0.492 e. The van der Waals surface area contributed by atoms with Crippen LogP contribution in [-0.4, -0.2) is 53.3 Å². The van der Waals surface area contributed by atoms with Crippen molar-refractivity contribution in [3.63, 3.8) is 0 Å². The molecule has 0 aliphatic carbocycles. The Morgan fingerprint density at radius 2 is 1.96 bits per heavy atom. The van der Waals surface area contributed by atoms with E-state index in [1.165, 1.54) is 25.9 Å². The van der Waals surface area contributed by atoms with Gasteiger partial charge in [0, 0.05) is 24.2 Å². The number of ether oxygens (including phenoxy) is 1. The van der Waals surface area contributed by atoms with Crippen LogP contribution in [0.25, 0.3) is 0 Å². The van der Waals surface area contributed by atoms with Crippen molar-refractivity contribution >= 4 is 35.1 Å². The van der Waals surface area contributed by atoms with Gasteiger partial charge in [0.05, 0.1) is 11.6 Å². The zero-order valence-electron chi connectivity index (χ0n) is 14.1. The smallest absolute Gasteiger partial charge is 0.414 e. The second kappa shape index (κ2) is 11.2. The van der Waals surface area contributed by atoms with Gasteiger partial charge in [-0.2, -0.15) is 0 Å². The molecule has 0 radical (unpaired) electrons. The molecule has 1 aliphatic heterocycles. The topological polar surface area (TPSA) is 87.1 Å². The molecule has 25 heavy (non-hydrogen) atoms. The van der Waals surface area contributed by atoms with E-state index >= 15 is 0 Å². The summed E-state index contributed by atoms with van der Waals surface area (Å²) in [5.41, 5.74) is 0. The summed E-state index contributed by atoms with van der Waals surface area (Å²) in [4.78, 5) is 20.7. The van der Waals surface area contributed by atoms with Gasteiger partial charge in [-0.05, 0) is 43.9 Å². The number of nitrogens with zero attached hydrogens (tertiary/aromatic N) is 1. The van der Waals surface area contributed by atoms with Crippen molar-refractivity contribution in [2.75, 3.05) is 26.2 Å². The van der Waals surface area contributed by atoms with E-state index in [2.05, 4.69) is 11.8 Å². The van der Waals surface area contributed by atoms with Crippen LogP contribution in [0, 0.1) is 5.92 Å². The number of halogens is 2. The normalized spacial score (nSPS) is 17.3. The zero-order valence-corrected chi connectivity index (χ0v) is 15.6. The van der Waals surface area contributed by atoms with Crippen LogP contribution in [0.15, 0.2) is 18.2 Å². The van der Waals surface area contributed by atoms with E-state index in [0.29, 0.717) is 22.4 Å². The van der Waals surface area contributed by atoms with E-state index < -0.39 is 11.9 Å². The minimum atomic E-state index is -1.82. The van der Waals surface area contributed by atoms with Crippen molar-refractivity contribution in [2.45, 2.75) is 26.2 Å². The molecule has 2 rings (SSSR count). The summed E-state index contributed by atoms with van der Waals surface area (Å²) in [7, 11) is 0. The maximum absolute atomic E-state index is 9.10. The lowest BCUT2D eigenvalue weighted by atomic mass is 10.0. The fourth-order valence-electron chi connectivity index (χ4n) is 2.55. The molecule has 6 nitrogen and oxygen atoms in total. The average molecular weight is 392 g/mol. The summed E-state index contributed by atoms with van der Waals surface area (Å²) in [6.45, 7) is 6.56. The van der Waals surface area contributed by atoms with Gasteiger partial charge in [0.1, 0.15) is 5.75 Å². The maximum atomic E-state index is 9.10. The molecule has 0 bridgehead atoms. The molecule has 1 saturated heterocycles. The van der Waals surface area contributed by atoms with Gasteiger partial charge in [0.25, 0.3) is 0 Å². The summed E-state index contributed by atoms with van der Waals surface area (Å²) < 4.78 is 5.69. The molecule has 1 aromatic carbocycles. The van der Waals surface area contributed by atoms with E-state index in [4.69, 9.17) is 47.7 Å². The Kier molecular flexibility index (Phi) is 9.63. The fraction of sp³-hybridized carbons (Fsp3) is 0.529. The Hall–Kier alpha value is -1.50. The van der Waals surface area contributed by atoms with Crippen LogP contribution in [-0.2, 0) is 9.59 Å². The Morgan fingerprint density at radius 1 is 1.28 bits per heavy atom. The van der Waals surface area contributed by atoms with Gasteiger partial charge in [0.15, 0.2) is 0 Å². The first kappa shape index (κ1) is 21.5. The SMILES string of the molecule is CC1CCCN(CCCOc2cc(Cl)ccc2Cl)C1.O=C(O)C(=O)O. The van der Waals surface area contributed by atoms with Crippen molar-refractivity contribution in [3.05, 3.63) is 28.2 Å². The quantitative estimate of drug-likeness (QED) is 0.588. The lowest BCUT2D eigenvalue weighted by molar-refractivity contribution is -0.159.